The molecule has 1 unspecified atom stereocenters. The van der Waals surface area contributed by atoms with Crippen LogP contribution in [-0.2, 0) is 9.84 Å². The van der Waals surface area contributed by atoms with Crippen molar-refractivity contribution in [1.82, 2.24) is 0 Å². The van der Waals surface area contributed by atoms with Gasteiger partial charge in [0, 0.05) is 10.8 Å². The van der Waals surface area contributed by atoms with Crippen LogP contribution in [-0.4, -0.2) is 25.0 Å². The summed E-state index contributed by atoms with van der Waals surface area (Å²) in [6.45, 7) is 3.51. The van der Waals surface area contributed by atoms with Gasteiger partial charge in [-0.05, 0) is 37.0 Å². The first-order valence-electron chi connectivity index (χ1n) is 6.00. The number of rotatable bonds is 6. The number of sulfone groups is 1. The van der Waals surface area contributed by atoms with Crippen LogP contribution >= 0.6 is 11.6 Å². The van der Waals surface area contributed by atoms with Gasteiger partial charge in [-0.3, -0.25) is 0 Å². The maximum atomic E-state index is 11.3. The second kappa shape index (κ2) is 6.55. The van der Waals surface area contributed by atoms with Crippen LogP contribution in [0.4, 0.5) is 0 Å². The molecule has 0 aliphatic rings. The molecule has 5 heteroatoms. The van der Waals surface area contributed by atoms with Crippen LogP contribution in [0.25, 0.3) is 0 Å². The Morgan fingerprint density at radius 1 is 1.39 bits per heavy atom. The molecule has 0 aliphatic heterocycles. The van der Waals surface area contributed by atoms with Crippen molar-refractivity contribution in [3.05, 3.63) is 34.3 Å². The minimum atomic E-state index is -2.94. The molecule has 1 rings (SSSR count). The summed E-state index contributed by atoms with van der Waals surface area (Å²) in [6, 6.07) is 5.36. The summed E-state index contributed by atoms with van der Waals surface area (Å²) in [6.07, 6.45) is 0.285. The fourth-order valence-electron chi connectivity index (χ4n) is 1.68. The van der Waals surface area contributed by atoms with Gasteiger partial charge in [-0.15, -0.1) is 0 Å². The molecule has 0 aliphatic carbocycles. The van der Waals surface area contributed by atoms with Gasteiger partial charge in [0.2, 0.25) is 0 Å². The molecule has 1 N–H and O–H groups in total. The summed E-state index contributed by atoms with van der Waals surface area (Å²) in [5.74, 6) is 0.288. The maximum Gasteiger partial charge on any atom is 0.150 e. The molecule has 0 heterocycles. The standard InChI is InChI=1S/C13H19ClO3S/c1-3-18(16,17)8-4-5-13(15)11-6-7-12(14)10(2)9-11/h6-7,9,13,15H,3-5,8H2,1-2H3. The van der Waals surface area contributed by atoms with E-state index in [1.165, 1.54) is 0 Å². The third-order valence-corrected chi connectivity index (χ3v) is 5.15. The van der Waals surface area contributed by atoms with Crippen molar-refractivity contribution in [3.8, 4) is 0 Å². The molecular formula is C13H19ClO3S. The lowest BCUT2D eigenvalue weighted by atomic mass is 10.0. The zero-order valence-electron chi connectivity index (χ0n) is 10.7. The summed E-state index contributed by atoms with van der Waals surface area (Å²) in [5, 5.41) is 10.6. The van der Waals surface area contributed by atoms with Crippen LogP contribution in [0.5, 0.6) is 0 Å². The number of halogens is 1. The Morgan fingerprint density at radius 3 is 2.61 bits per heavy atom. The van der Waals surface area contributed by atoms with Gasteiger partial charge >= 0.3 is 0 Å². The van der Waals surface area contributed by atoms with Crippen molar-refractivity contribution in [1.29, 1.82) is 0 Å². The van der Waals surface area contributed by atoms with Gasteiger partial charge < -0.3 is 5.11 Å². The van der Waals surface area contributed by atoms with Crippen LogP contribution in [0.2, 0.25) is 5.02 Å². The predicted octanol–water partition coefficient (Wildman–Crippen LogP) is 2.90. The van der Waals surface area contributed by atoms with Gasteiger partial charge in [0.1, 0.15) is 9.84 Å². The van der Waals surface area contributed by atoms with Crippen LogP contribution in [0, 0.1) is 6.92 Å². The first kappa shape index (κ1) is 15.5. The smallest absolute Gasteiger partial charge is 0.150 e. The van der Waals surface area contributed by atoms with Crippen LogP contribution in [0.15, 0.2) is 18.2 Å². The van der Waals surface area contributed by atoms with E-state index in [4.69, 9.17) is 11.6 Å². The van der Waals surface area contributed by atoms with E-state index in [1.807, 2.05) is 13.0 Å². The Kier molecular flexibility index (Phi) is 5.63. The first-order chi connectivity index (χ1) is 8.35. The highest BCUT2D eigenvalue weighted by Crippen LogP contribution is 2.23. The molecule has 0 spiro atoms. The van der Waals surface area contributed by atoms with E-state index in [-0.39, 0.29) is 11.5 Å². The molecule has 18 heavy (non-hydrogen) atoms. The van der Waals surface area contributed by atoms with E-state index < -0.39 is 15.9 Å². The van der Waals surface area contributed by atoms with Crippen molar-refractivity contribution >= 4 is 21.4 Å². The normalized spacial score (nSPS) is 13.6. The van der Waals surface area contributed by atoms with Crippen molar-refractivity contribution in [2.75, 3.05) is 11.5 Å². The van der Waals surface area contributed by atoms with E-state index in [0.29, 0.717) is 17.9 Å². The zero-order chi connectivity index (χ0) is 13.8. The molecular weight excluding hydrogens is 272 g/mol. The third-order valence-electron chi connectivity index (χ3n) is 2.94. The van der Waals surface area contributed by atoms with Gasteiger partial charge in [-0.1, -0.05) is 30.7 Å². The summed E-state index contributed by atoms with van der Waals surface area (Å²) < 4.78 is 22.6. The van der Waals surface area contributed by atoms with Gasteiger partial charge in [0.15, 0.2) is 0 Å². The second-order valence-corrected chi connectivity index (χ2v) is 7.28. The van der Waals surface area contributed by atoms with Crippen molar-refractivity contribution < 1.29 is 13.5 Å². The van der Waals surface area contributed by atoms with E-state index in [1.54, 1.807) is 19.1 Å². The molecule has 102 valence electrons. The van der Waals surface area contributed by atoms with Crippen LogP contribution in [0.3, 0.4) is 0 Å². The molecule has 0 radical (unpaired) electrons. The zero-order valence-corrected chi connectivity index (χ0v) is 12.3. The van der Waals surface area contributed by atoms with E-state index in [2.05, 4.69) is 0 Å². The molecule has 1 aromatic rings. The molecule has 0 amide bonds. The van der Waals surface area contributed by atoms with Crippen LogP contribution < -0.4 is 0 Å². The Labute approximate surface area is 114 Å². The first-order valence-corrected chi connectivity index (χ1v) is 8.20. The Morgan fingerprint density at radius 2 is 2.06 bits per heavy atom. The highest BCUT2D eigenvalue weighted by Gasteiger charge is 2.12. The number of benzene rings is 1. The minimum Gasteiger partial charge on any atom is -0.388 e. The van der Waals surface area contributed by atoms with Crippen molar-refractivity contribution in [3.63, 3.8) is 0 Å². The highest BCUT2D eigenvalue weighted by atomic mass is 35.5. The van der Waals surface area contributed by atoms with Crippen molar-refractivity contribution in [2.45, 2.75) is 32.8 Å². The third kappa shape index (κ3) is 4.59. The van der Waals surface area contributed by atoms with Crippen molar-refractivity contribution in [2.24, 2.45) is 0 Å². The fraction of sp³-hybridized carbons (Fsp3) is 0.538. The fourth-order valence-corrected chi connectivity index (χ4v) is 2.70. The van der Waals surface area contributed by atoms with Gasteiger partial charge in [-0.2, -0.15) is 0 Å². The topological polar surface area (TPSA) is 54.4 Å². The molecule has 0 saturated heterocycles. The largest absolute Gasteiger partial charge is 0.388 e. The minimum absolute atomic E-state index is 0.132. The summed E-state index contributed by atoms with van der Waals surface area (Å²) >= 11 is 5.91. The summed E-state index contributed by atoms with van der Waals surface area (Å²) in [7, 11) is -2.94. The van der Waals surface area contributed by atoms with E-state index in [9.17, 15) is 13.5 Å². The lowest BCUT2D eigenvalue weighted by Crippen LogP contribution is -2.10. The van der Waals surface area contributed by atoms with E-state index in [0.717, 1.165) is 11.1 Å². The Balaban J connectivity index is 2.55. The monoisotopic (exact) mass is 290 g/mol. The van der Waals surface area contributed by atoms with Gasteiger partial charge in [-0.25, -0.2) is 8.42 Å². The number of aryl methyl sites for hydroxylation is 1. The Hall–Kier alpha value is -0.580. The van der Waals surface area contributed by atoms with Crippen LogP contribution in [0.1, 0.15) is 37.0 Å². The SMILES string of the molecule is CCS(=O)(=O)CCCC(O)c1ccc(Cl)c(C)c1. The van der Waals surface area contributed by atoms with E-state index >= 15 is 0 Å². The summed E-state index contributed by atoms with van der Waals surface area (Å²) in [4.78, 5) is 0. The summed E-state index contributed by atoms with van der Waals surface area (Å²) in [5.41, 5.74) is 1.69. The lowest BCUT2D eigenvalue weighted by Gasteiger charge is -2.12. The van der Waals surface area contributed by atoms with Gasteiger partial charge in [0.25, 0.3) is 0 Å². The molecule has 0 bridgehead atoms. The average Bonchev–Trinajstić information content (AvgIpc) is 2.32. The molecule has 0 saturated carbocycles. The number of hydrogen-bond acceptors (Lipinski definition) is 3. The average molecular weight is 291 g/mol. The Bertz CT molecular complexity index is 497. The number of hydrogen-bond donors (Lipinski definition) is 1. The number of aliphatic hydroxyl groups excluding tert-OH is 1. The molecule has 1 atom stereocenters. The quantitative estimate of drug-likeness (QED) is 0.876. The lowest BCUT2D eigenvalue weighted by molar-refractivity contribution is 0.166. The molecule has 3 nitrogen and oxygen atoms in total. The highest BCUT2D eigenvalue weighted by molar-refractivity contribution is 7.91. The molecule has 0 aromatic heterocycles. The molecule has 0 fully saturated rings. The predicted molar refractivity (Wildman–Crippen MR) is 74.7 cm³/mol. The second-order valence-electron chi connectivity index (χ2n) is 4.40. The maximum absolute atomic E-state index is 11.3. The number of aliphatic hydroxyl groups is 1. The molecule has 1 aromatic carbocycles. The van der Waals surface area contributed by atoms with Gasteiger partial charge in [0.05, 0.1) is 11.9 Å².